The van der Waals surface area contributed by atoms with Crippen molar-refractivity contribution in [1.82, 2.24) is 0 Å². The van der Waals surface area contributed by atoms with Crippen LogP contribution in [0.4, 0.5) is 17.1 Å². The van der Waals surface area contributed by atoms with Gasteiger partial charge in [0, 0.05) is 16.7 Å². The average Bonchev–Trinajstić information content (AvgIpc) is 2.63. The second-order valence-electron chi connectivity index (χ2n) is 6.23. The largest absolute Gasteiger partial charge is 0.355 e. The van der Waals surface area contributed by atoms with Crippen LogP contribution in [0.15, 0.2) is 42.5 Å². The van der Waals surface area contributed by atoms with E-state index in [-0.39, 0.29) is 11.4 Å². The van der Waals surface area contributed by atoms with Gasteiger partial charge < -0.3 is 9.80 Å². The van der Waals surface area contributed by atoms with Crippen LogP contribution >= 0.6 is 11.6 Å². The SMILES string of the molecule is O=[N+]([O-])c1ccc(N2CC[NH+](Cc3ccc(Cl)cc3)CC2)c([N+](=O)[O-])c1. The van der Waals surface area contributed by atoms with E-state index in [0.29, 0.717) is 23.8 Å². The number of benzene rings is 2. The highest BCUT2D eigenvalue weighted by Gasteiger charge is 2.27. The molecule has 0 bridgehead atoms. The lowest BCUT2D eigenvalue weighted by atomic mass is 10.1. The minimum atomic E-state index is -0.620. The number of non-ortho nitro benzene ring substituents is 1. The number of nitrogens with one attached hydrogen (secondary N) is 1. The number of rotatable bonds is 5. The summed E-state index contributed by atoms with van der Waals surface area (Å²) in [5, 5.41) is 22.9. The molecule has 1 fully saturated rings. The van der Waals surface area contributed by atoms with Gasteiger partial charge in [-0.25, -0.2) is 0 Å². The maximum absolute atomic E-state index is 11.3. The van der Waals surface area contributed by atoms with Gasteiger partial charge in [0.25, 0.3) is 11.4 Å². The standard InChI is InChI=1S/C17H17ClN4O4/c18-14-3-1-13(2-4-14)12-19-7-9-20(10-8-19)16-6-5-15(21(23)24)11-17(16)22(25)26/h1-6,11H,7-10,12H2/p+1. The summed E-state index contributed by atoms with van der Waals surface area (Å²) in [7, 11) is 0. The smallest absolute Gasteiger partial charge is 0.299 e. The fraction of sp³-hybridized carbons (Fsp3) is 0.294. The fourth-order valence-electron chi connectivity index (χ4n) is 3.17. The zero-order chi connectivity index (χ0) is 18.7. The summed E-state index contributed by atoms with van der Waals surface area (Å²) in [5.41, 5.74) is 1.14. The third kappa shape index (κ3) is 4.09. The molecule has 0 unspecified atom stereocenters. The summed E-state index contributed by atoms with van der Waals surface area (Å²) >= 11 is 5.90. The van der Waals surface area contributed by atoms with Gasteiger partial charge in [-0.2, -0.15) is 0 Å². The van der Waals surface area contributed by atoms with Crippen molar-refractivity contribution in [2.75, 3.05) is 31.1 Å². The van der Waals surface area contributed by atoms with Crippen LogP contribution in [-0.2, 0) is 6.54 Å². The Morgan fingerprint density at radius 3 is 2.23 bits per heavy atom. The highest BCUT2D eigenvalue weighted by Crippen LogP contribution is 2.31. The molecule has 136 valence electrons. The van der Waals surface area contributed by atoms with Crippen molar-refractivity contribution >= 4 is 28.7 Å². The molecule has 2 aromatic carbocycles. The van der Waals surface area contributed by atoms with Crippen molar-refractivity contribution < 1.29 is 14.7 Å². The van der Waals surface area contributed by atoms with Gasteiger partial charge in [-0.3, -0.25) is 20.2 Å². The summed E-state index contributed by atoms with van der Waals surface area (Å²) in [4.78, 5) is 24.3. The maximum Gasteiger partial charge on any atom is 0.299 e. The molecule has 1 aliphatic heterocycles. The van der Waals surface area contributed by atoms with Crippen LogP contribution in [0, 0.1) is 20.2 Å². The summed E-state index contributed by atoms with van der Waals surface area (Å²) < 4.78 is 0. The highest BCUT2D eigenvalue weighted by molar-refractivity contribution is 6.30. The van der Waals surface area contributed by atoms with E-state index in [2.05, 4.69) is 0 Å². The van der Waals surface area contributed by atoms with E-state index in [4.69, 9.17) is 11.6 Å². The number of nitro groups is 2. The summed E-state index contributed by atoms with van der Waals surface area (Å²) in [6.45, 7) is 3.84. The Labute approximate surface area is 154 Å². The number of nitro benzene ring substituents is 2. The first-order valence-corrected chi connectivity index (χ1v) is 8.57. The molecule has 0 amide bonds. The molecular weight excluding hydrogens is 360 g/mol. The lowest BCUT2D eigenvalue weighted by molar-refractivity contribution is -0.914. The van der Waals surface area contributed by atoms with Gasteiger partial charge in [0.2, 0.25) is 0 Å². The molecular formula is C17H18ClN4O4+. The number of anilines is 1. The number of halogens is 1. The Bertz CT molecular complexity index is 820. The summed E-state index contributed by atoms with van der Waals surface area (Å²) in [5.74, 6) is 0. The van der Waals surface area contributed by atoms with Crippen molar-refractivity contribution in [1.29, 1.82) is 0 Å². The number of hydrogen-bond donors (Lipinski definition) is 1. The van der Waals surface area contributed by atoms with Gasteiger partial charge >= 0.3 is 0 Å². The van der Waals surface area contributed by atoms with E-state index in [1.165, 1.54) is 22.6 Å². The molecule has 0 spiro atoms. The van der Waals surface area contributed by atoms with Gasteiger partial charge in [0.1, 0.15) is 12.2 Å². The Morgan fingerprint density at radius 2 is 1.65 bits per heavy atom. The molecule has 9 heteroatoms. The molecule has 0 saturated carbocycles. The predicted octanol–water partition coefficient (Wildman–Crippen LogP) is 2.06. The second kappa shape index (κ2) is 7.67. The first kappa shape index (κ1) is 18.1. The van der Waals surface area contributed by atoms with Crippen molar-refractivity contribution in [2.24, 2.45) is 0 Å². The van der Waals surface area contributed by atoms with Crippen LogP contribution < -0.4 is 9.80 Å². The Morgan fingerprint density at radius 1 is 1.00 bits per heavy atom. The molecule has 1 saturated heterocycles. The van der Waals surface area contributed by atoms with Crippen LogP contribution in [0.3, 0.4) is 0 Å². The quantitative estimate of drug-likeness (QED) is 0.635. The molecule has 0 radical (unpaired) electrons. The van der Waals surface area contributed by atoms with Crippen molar-refractivity contribution in [2.45, 2.75) is 6.54 Å². The minimum Gasteiger partial charge on any atom is -0.355 e. The summed E-state index contributed by atoms with van der Waals surface area (Å²) in [6.07, 6.45) is 0. The van der Waals surface area contributed by atoms with Crippen molar-refractivity contribution in [3.8, 4) is 0 Å². The molecule has 1 aliphatic rings. The van der Waals surface area contributed by atoms with Crippen LogP contribution in [0.5, 0.6) is 0 Å². The summed E-state index contributed by atoms with van der Waals surface area (Å²) in [6, 6.07) is 11.6. The lowest BCUT2D eigenvalue weighted by Crippen LogP contribution is -3.13. The zero-order valence-corrected chi connectivity index (χ0v) is 14.7. The maximum atomic E-state index is 11.3. The number of hydrogen-bond acceptors (Lipinski definition) is 5. The highest BCUT2D eigenvalue weighted by atomic mass is 35.5. The van der Waals surface area contributed by atoms with Crippen LogP contribution in [0.2, 0.25) is 5.02 Å². The van der Waals surface area contributed by atoms with E-state index in [9.17, 15) is 20.2 Å². The van der Waals surface area contributed by atoms with Gasteiger partial charge in [-0.15, -0.1) is 0 Å². The lowest BCUT2D eigenvalue weighted by Gasteiger charge is -2.33. The van der Waals surface area contributed by atoms with Gasteiger partial charge in [0.15, 0.2) is 0 Å². The van der Waals surface area contributed by atoms with Gasteiger partial charge in [-0.05, 0) is 18.2 Å². The molecule has 26 heavy (non-hydrogen) atoms. The van der Waals surface area contributed by atoms with Gasteiger partial charge in [0.05, 0.1) is 42.1 Å². The molecule has 0 atom stereocenters. The zero-order valence-electron chi connectivity index (χ0n) is 13.9. The normalized spacial score (nSPS) is 15.0. The van der Waals surface area contributed by atoms with Crippen molar-refractivity contribution in [3.05, 3.63) is 73.3 Å². The monoisotopic (exact) mass is 377 g/mol. The molecule has 1 heterocycles. The van der Waals surface area contributed by atoms with Gasteiger partial charge in [-0.1, -0.05) is 23.7 Å². The average molecular weight is 378 g/mol. The van der Waals surface area contributed by atoms with E-state index in [1.54, 1.807) is 0 Å². The Hall–Kier alpha value is -2.71. The van der Waals surface area contributed by atoms with E-state index >= 15 is 0 Å². The predicted molar refractivity (Wildman–Crippen MR) is 97.8 cm³/mol. The molecule has 8 nitrogen and oxygen atoms in total. The van der Waals surface area contributed by atoms with E-state index in [0.717, 1.165) is 25.7 Å². The van der Waals surface area contributed by atoms with E-state index < -0.39 is 9.85 Å². The number of nitrogens with zero attached hydrogens (tertiary/aromatic N) is 3. The molecule has 0 aliphatic carbocycles. The Kier molecular flexibility index (Phi) is 5.34. The second-order valence-corrected chi connectivity index (χ2v) is 6.66. The van der Waals surface area contributed by atoms with Crippen LogP contribution in [0.1, 0.15) is 5.56 Å². The number of piperazine rings is 1. The number of quaternary nitrogens is 1. The minimum absolute atomic E-state index is 0.222. The first-order chi connectivity index (χ1) is 12.4. The van der Waals surface area contributed by atoms with Crippen LogP contribution in [-0.4, -0.2) is 36.0 Å². The molecule has 2 aromatic rings. The first-order valence-electron chi connectivity index (χ1n) is 8.20. The third-order valence-electron chi connectivity index (χ3n) is 4.55. The Balaban J connectivity index is 1.68. The molecule has 1 N–H and O–H groups in total. The third-order valence-corrected chi connectivity index (χ3v) is 4.80. The van der Waals surface area contributed by atoms with Crippen molar-refractivity contribution in [3.63, 3.8) is 0 Å². The molecule has 0 aromatic heterocycles. The topological polar surface area (TPSA) is 94.0 Å². The van der Waals surface area contributed by atoms with E-state index in [1.807, 2.05) is 29.2 Å². The van der Waals surface area contributed by atoms with Crippen LogP contribution in [0.25, 0.3) is 0 Å². The fourth-order valence-corrected chi connectivity index (χ4v) is 3.30. The molecule has 3 rings (SSSR count).